The first-order valence-corrected chi connectivity index (χ1v) is 12.7. The van der Waals surface area contributed by atoms with E-state index in [4.69, 9.17) is 9.47 Å². The van der Waals surface area contributed by atoms with Crippen molar-refractivity contribution in [3.05, 3.63) is 47.3 Å². The van der Waals surface area contributed by atoms with Gasteiger partial charge in [0.1, 0.15) is 4.21 Å². The lowest BCUT2D eigenvalue weighted by molar-refractivity contribution is 0.00166. The Morgan fingerprint density at radius 3 is 2.71 bits per heavy atom. The second-order valence-corrected chi connectivity index (χ2v) is 10.5. The summed E-state index contributed by atoms with van der Waals surface area (Å²) < 4.78 is 38.7. The standard InChI is InChI=1S/C21H27N3O5S2/c25-21(22-14-19(17-6-9-29-15-17)24-7-10-28-11-8-24)16-3-1-4-18(13-16)23-31(26,27)20-5-2-12-30-20/h1-5,12-13,17,19,23H,6-11,14-15H2,(H,22,25). The number of hydrogen-bond acceptors (Lipinski definition) is 7. The van der Waals surface area contributed by atoms with Crippen LogP contribution in [0, 0.1) is 5.92 Å². The first kappa shape index (κ1) is 22.2. The minimum absolute atomic E-state index is 0.191. The second-order valence-electron chi connectivity index (χ2n) is 7.67. The van der Waals surface area contributed by atoms with Gasteiger partial charge in [-0.3, -0.25) is 14.4 Å². The molecule has 2 atom stereocenters. The Bertz CT molecular complexity index is 969. The lowest BCUT2D eigenvalue weighted by atomic mass is 9.96. The van der Waals surface area contributed by atoms with E-state index in [9.17, 15) is 13.2 Å². The third-order valence-electron chi connectivity index (χ3n) is 5.63. The van der Waals surface area contributed by atoms with Crippen molar-refractivity contribution in [2.75, 3.05) is 50.8 Å². The minimum Gasteiger partial charge on any atom is -0.381 e. The van der Waals surface area contributed by atoms with Crippen LogP contribution in [0.15, 0.2) is 46.0 Å². The fraction of sp³-hybridized carbons (Fsp3) is 0.476. The van der Waals surface area contributed by atoms with Gasteiger partial charge in [0.2, 0.25) is 0 Å². The molecule has 1 aromatic carbocycles. The zero-order valence-corrected chi connectivity index (χ0v) is 18.8. The van der Waals surface area contributed by atoms with E-state index in [1.54, 1.807) is 41.8 Å². The van der Waals surface area contributed by atoms with E-state index >= 15 is 0 Å². The monoisotopic (exact) mass is 465 g/mol. The number of anilines is 1. The fourth-order valence-electron chi connectivity index (χ4n) is 4.00. The molecule has 2 aliphatic heterocycles. The van der Waals surface area contributed by atoms with Gasteiger partial charge in [-0.05, 0) is 36.1 Å². The predicted octanol–water partition coefficient (Wildman–Crippen LogP) is 2.02. The normalized spacial score (nSPS) is 21.0. The molecule has 4 rings (SSSR count). The first-order valence-electron chi connectivity index (χ1n) is 10.4. The van der Waals surface area contributed by atoms with Gasteiger partial charge >= 0.3 is 0 Å². The molecule has 2 fully saturated rings. The molecule has 0 spiro atoms. The smallest absolute Gasteiger partial charge is 0.271 e. The molecule has 2 aliphatic rings. The van der Waals surface area contributed by atoms with Gasteiger partial charge in [-0.1, -0.05) is 12.1 Å². The van der Waals surface area contributed by atoms with Crippen LogP contribution in [0.25, 0.3) is 0 Å². The molecule has 2 N–H and O–H groups in total. The highest BCUT2D eigenvalue weighted by Gasteiger charge is 2.31. The van der Waals surface area contributed by atoms with Crippen LogP contribution in [0.1, 0.15) is 16.8 Å². The van der Waals surface area contributed by atoms with Crippen LogP contribution in [-0.4, -0.2) is 71.3 Å². The van der Waals surface area contributed by atoms with E-state index in [0.717, 1.165) is 37.5 Å². The largest absolute Gasteiger partial charge is 0.381 e. The molecule has 2 aromatic rings. The summed E-state index contributed by atoms with van der Waals surface area (Å²) in [5.41, 5.74) is 0.768. The van der Waals surface area contributed by atoms with Crippen LogP contribution in [-0.2, 0) is 19.5 Å². The molecule has 0 saturated carbocycles. The number of nitrogens with zero attached hydrogens (tertiary/aromatic N) is 1. The van der Waals surface area contributed by atoms with Gasteiger partial charge < -0.3 is 14.8 Å². The van der Waals surface area contributed by atoms with Crippen molar-refractivity contribution in [3.63, 3.8) is 0 Å². The van der Waals surface area contributed by atoms with Gasteiger partial charge in [0, 0.05) is 49.5 Å². The van der Waals surface area contributed by atoms with Crippen molar-refractivity contribution in [2.24, 2.45) is 5.92 Å². The van der Waals surface area contributed by atoms with E-state index in [1.807, 2.05) is 0 Å². The van der Waals surface area contributed by atoms with Gasteiger partial charge in [0.15, 0.2) is 0 Å². The van der Waals surface area contributed by atoms with Gasteiger partial charge in [-0.2, -0.15) is 0 Å². The first-order chi connectivity index (χ1) is 15.0. The topological polar surface area (TPSA) is 97.0 Å². The van der Waals surface area contributed by atoms with E-state index in [1.165, 1.54) is 0 Å². The molecular weight excluding hydrogens is 438 g/mol. The molecule has 3 heterocycles. The molecule has 0 radical (unpaired) electrons. The minimum atomic E-state index is -3.66. The molecule has 10 heteroatoms. The predicted molar refractivity (Wildman–Crippen MR) is 119 cm³/mol. The van der Waals surface area contributed by atoms with Crippen molar-refractivity contribution in [3.8, 4) is 0 Å². The van der Waals surface area contributed by atoms with Crippen LogP contribution >= 0.6 is 11.3 Å². The Hall–Kier alpha value is -1.98. The number of thiophene rings is 1. The molecule has 168 valence electrons. The number of sulfonamides is 1. The van der Waals surface area contributed by atoms with Crippen LogP contribution < -0.4 is 10.0 Å². The lowest BCUT2D eigenvalue weighted by Gasteiger charge is -2.37. The number of carbonyl (C=O) groups excluding carboxylic acids is 1. The van der Waals surface area contributed by atoms with E-state index in [2.05, 4.69) is 14.9 Å². The zero-order chi connectivity index (χ0) is 21.7. The highest BCUT2D eigenvalue weighted by atomic mass is 32.2. The number of benzene rings is 1. The van der Waals surface area contributed by atoms with Crippen molar-refractivity contribution in [1.82, 2.24) is 10.2 Å². The third kappa shape index (κ3) is 5.64. The van der Waals surface area contributed by atoms with Crippen LogP contribution in [0.3, 0.4) is 0 Å². The maximum Gasteiger partial charge on any atom is 0.271 e. The molecular formula is C21H27N3O5S2. The molecule has 8 nitrogen and oxygen atoms in total. The molecule has 1 aromatic heterocycles. The molecule has 2 unspecified atom stereocenters. The highest BCUT2D eigenvalue weighted by molar-refractivity contribution is 7.94. The van der Waals surface area contributed by atoms with Gasteiger partial charge in [-0.25, -0.2) is 8.42 Å². The average Bonchev–Trinajstić information content (AvgIpc) is 3.49. The summed E-state index contributed by atoms with van der Waals surface area (Å²) in [6, 6.07) is 9.96. The number of morpholine rings is 1. The summed E-state index contributed by atoms with van der Waals surface area (Å²) in [7, 11) is -3.66. The maximum atomic E-state index is 12.8. The SMILES string of the molecule is O=C(NCC(C1CCOC1)N1CCOCC1)c1cccc(NS(=O)(=O)c2cccs2)c1. The van der Waals surface area contributed by atoms with Crippen LogP contribution in [0.5, 0.6) is 0 Å². The van der Waals surface area contributed by atoms with Crippen molar-refractivity contribution in [2.45, 2.75) is 16.7 Å². The van der Waals surface area contributed by atoms with Crippen LogP contribution in [0.2, 0.25) is 0 Å². The number of hydrogen-bond donors (Lipinski definition) is 2. The maximum absolute atomic E-state index is 12.8. The number of amides is 1. The Balaban J connectivity index is 1.41. The summed E-state index contributed by atoms with van der Waals surface area (Å²) in [6.45, 7) is 5.06. The van der Waals surface area contributed by atoms with E-state index in [0.29, 0.717) is 43.5 Å². The summed E-state index contributed by atoms with van der Waals surface area (Å²) in [5, 5.41) is 4.75. The Morgan fingerprint density at radius 2 is 2.00 bits per heavy atom. The molecule has 1 amide bonds. The lowest BCUT2D eigenvalue weighted by Crippen LogP contribution is -2.52. The number of rotatable bonds is 8. The van der Waals surface area contributed by atoms with Gasteiger partial charge in [0.25, 0.3) is 15.9 Å². The molecule has 0 aliphatic carbocycles. The summed E-state index contributed by atoms with van der Waals surface area (Å²) in [4.78, 5) is 15.2. The third-order valence-corrected chi connectivity index (χ3v) is 8.41. The van der Waals surface area contributed by atoms with Crippen LogP contribution in [0.4, 0.5) is 5.69 Å². The Kier molecular flexibility index (Phi) is 7.24. The van der Waals surface area contributed by atoms with Gasteiger partial charge in [0.05, 0.1) is 19.8 Å². The number of ether oxygens (including phenoxy) is 2. The Labute approximate surface area is 186 Å². The molecule has 0 bridgehead atoms. The highest BCUT2D eigenvalue weighted by Crippen LogP contribution is 2.23. The van der Waals surface area contributed by atoms with E-state index < -0.39 is 10.0 Å². The zero-order valence-electron chi connectivity index (χ0n) is 17.2. The van der Waals surface area contributed by atoms with Crippen molar-refractivity contribution >= 4 is 33.0 Å². The molecule has 31 heavy (non-hydrogen) atoms. The Morgan fingerprint density at radius 1 is 1.16 bits per heavy atom. The van der Waals surface area contributed by atoms with Crippen molar-refractivity contribution < 1.29 is 22.7 Å². The van der Waals surface area contributed by atoms with E-state index in [-0.39, 0.29) is 16.2 Å². The quantitative estimate of drug-likeness (QED) is 0.619. The summed E-state index contributed by atoms with van der Waals surface area (Å²) >= 11 is 1.14. The number of nitrogens with one attached hydrogen (secondary N) is 2. The average molecular weight is 466 g/mol. The summed E-state index contributed by atoms with van der Waals surface area (Å²) in [6.07, 6.45) is 0.984. The fourth-order valence-corrected chi connectivity index (χ4v) is 6.05. The summed E-state index contributed by atoms with van der Waals surface area (Å²) in [5.74, 6) is 0.150. The molecule has 2 saturated heterocycles. The second kappa shape index (κ2) is 10.1. The number of carbonyl (C=O) groups is 1. The van der Waals surface area contributed by atoms with Crippen molar-refractivity contribution in [1.29, 1.82) is 0 Å². The van der Waals surface area contributed by atoms with Gasteiger partial charge in [-0.15, -0.1) is 11.3 Å².